The summed E-state index contributed by atoms with van der Waals surface area (Å²) >= 11 is 0. The molecule has 1 aliphatic heterocycles. The molecule has 100 valence electrons. The molecule has 3 rings (SSSR count). The van der Waals surface area contributed by atoms with Gasteiger partial charge < -0.3 is 9.80 Å². The molecule has 0 bridgehead atoms. The molecule has 2 saturated carbocycles. The van der Waals surface area contributed by atoms with Crippen molar-refractivity contribution in [3.8, 4) is 0 Å². The zero-order chi connectivity index (χ0) is 12.9. The van der Waals surface area contributed by atoms with Gasteiger partial charge in [-0.25, -0.2) is 0 Å². The van der Waals surface area contributed by atoms with Crippen LogP contribution in [0, 0.1) is 11.8 Å². The molecule has 1 heterocycles. The fraction of sp³-hybridized carbons (Fsp3) is 0.857. The molecular formula is C14H22N2O2. The van der Waals surface area contributed by atoms with E-state index in [-0.39, 0.29) is 23.9 Å². The number of piperazine rings is 1. The van der Waals surface area contributed by atoms with E-state index >= 15 is 0 Å². The van der Waals surface area contributed by atoms with E-state index < -0.39 is 0 Å². The van der Waals surface area contributed by atoms with Crippen molar-refractivity contribution >= 4 is 11.8 Å². The normalized spacial score (nSPS) is 32.6. The average molecular weight is 250 g/mol. The Hall–Kier alpha value is -1.06. The van der Waals surface area contributed by atoms with Gasteiger partial charge in [0, 0.05) is 37.0 Å². The van der Waals surface area contributed by atoms with Crippen molar-refractivity contribution in [1.82, 2.24) is 9.80 Å². The maximum Gasteiger partial charge on any atom is 0.226 e. The minimum absolute atomic E-state index is 0.178. The van der Waals surface area contributed by atoms with E-state index in [1.54, 1.807) is 0 Å². The van der Waals surface area contributed by atoms with Crippen molar-refractivity contribution in [2.75, 3.05) is 13.1 Å². The number of carbonyl (C=O) groups excluding carboxylic acids is 2. The molecule has 2 atom stereocenters. The smallest absolute Gasteiger partial charge is 0.226 e. The molecule has 0 aromatic rings. The molecule has 2 aliphatic carbocycles. The van der Waals surface area contributed by atoms with Crippen molar-refractivity contribution in [1.29, 1.82) is 0 Å². The maximum absolute atomic E-state index is 12.2. The van der Waals surface area contributed by atoms with Gasteiger partial charge in [0.2, 0.25) is 11.8 Å². The van der Waals surface area contributed by atoms with E-state index in [1.807, 2.05) is 9.80 Å². The van der Waals surface area contributed by atoms with Crippen LogP contribution in [0.15, 0.2) is 0 Å². The van der Waals surface area contributed by atoms with E-state index in [1.165, 1.54) is 0 Å². The summed E-state index contributed by atoms with van der Waals surface area (Å²) in [5.41, 5.74) is 0. The minimum atomic E-state index is 0.178. The van der Waals surface area contributed by atoms with Gasteiger partial charge in [-0.15, -0.1) is 0 Å². The molecule has 0 N–H and O–H groups in total. The summed E-state index contributed by atoms with van der Waals surface area (Å²) in [6, 6.07) is 0.356. The Kier molecular flexibility index (Phi) is 2.83. The predicted octanol–water partition coefficient (Wildman–Crippen LogP) is 1.25. The molecule has 0 radical (unpaired) electrons. The van der Waals surface area contributed by atoms with Gasteiger partial charge in [0.05, 0.1) is 0 Å². The third-order valence-corrected chi connectivity index (χ3v) is 4.41. The number of hydrogen-bond acceptors (Lipinski definition) is 2. The molecular weight excluding hydrogens is 228 g/mol. The van der Waals surface area contributed by atoms with Gasteiger partial charge in [-0.1, -0.05) is 0 Å². The van der Waals surface area contributed by atoms with Gasteiger partial charge in [-0.05, 0) is 39.5 Å². The molecule has 3 fully saturated rings. The molecule has 0 spiro atoms. The first-order chi connectivity index (χ1) is 8.58. The van der Waals surface area contributed by atoms with Gasteiger partial charge in [-0.3, -0.25) is 9.59 Å². The molecule has 18 heavy (non-hydrogen) atoms. The zero-order valence-electron chi connectivity index (χ0n) is 11.3. The van der Waals surface area contributed by atoms with E-state index in [4.69, 9.17) is 0 Å². The van der Waals surface area contributed by atoms with Gasteiger partial charge in [0.25, 0.3) is 0 Å². The van der Waals surface area contributed by atoms with E-state index in [0.29, 0.717) is 11.8 Å². The molecule has 1 saturated heterocycles. The Bertz CT molecular complexity index is 338. The standard InChI is InChI=1S/C14H22N2O2/c1-9-7-16(14(18)12-5-6-12)10(2)8-15(9)13(17)11-3-4-11/h9-12H,3-8H2,1-2H3/t9-,10-/m0/s1. The summed E-state index contributed by atoms with van der Waals surface area (Å²) in [7, 11) is 0. The lowest BCUT2D eigenvalue weighted by Crippen LogP contribution is -2.60. The van der Waals surface area contributed by atoms with E-state index in [9.17, 15) is 9.59 Å². The van der Waals surface area contributed by atoms with Crippen LogP contribution in [0.5, 0.6) is 0 Å². The summed E-state index contributed by atoms with van der Waals surface area (Å²) in [5, 5.41) is 0. The zero-order valence-corrected chi connectivity index (χ0v) is 11.3. The highest BCUT2D eigenvalue weighted by atomic mass is 16.2. The van der Waals surface area contributed by atoms with Crippen LogP contribution in [0.25, 0.3) is 0 Å². The lowest BCUT2D eigenvalue weighted by molar-refractivity contribution is -0.147. The largest absolute Gasteiger partial charge is 0.336 e. The summed E-state index contributed by atoms with van der Waals surface area (Å²) < 4.78 is 0. The monoisotopic (exact) mass is 250 g/mol. The minimum Gasteiger partial charge on any atom is -0.336 e. The van der Waals surface area contributed by atoms with Gasteiger partial charge in [0.1, 0.15) is 0 Å². The molecule has 4 nitrogen and oxygen atoms in total. The summed E-state index contributed by atoms with van der Waals surface area (Å²) in [6.45, 7) is 5.57. The van der Waals surface area contributed by atoms with Gasteiger partial charge in [-0.2, -0.15) is 0 Å². The molecule has 0 aromatic carbocycles. The Morgan fingerprint density at radius 1 is 0.778 bits per heavy atom. The Morgan fingerprint density at radius 3 is 1.39 bits per heavy atom. The highest BCUT2D eigenvalue weighted by Gasteiger charge is 2.42. The lowest BCUT2D eigenvalue weighted by Gasteiger charge is -2.44. The molecule has 4 heteroatoms. The van der Waals surface area contributed by atoms with E-state index in [0.717, 1.165) is 38.8 Å². The van der Waals surface area contributed by atoms with Crippen molar-refractivity contribution in [3.05, 3.63) is 0 Å². The van der Waals surface area contributed by atoms with Gasteiger partial charge in [0.15, 0.2) is 0 Å². The first kappa shape index (κ1) is 12.0. The van der Waals surface area contributed by atoms with Crippen LogP contribution in [0.2, 0.25) is 0 Å². The fourth-order valence-electron chi connectivity index (χ4n) is 2.87. The highest BCUT2D eigenvalue weighted by Crippen LogP contribution is 2.35. The van der Waals surface area contributed by atoms with Crippen LogP contribution in [0.1, 0.15) is 39.5 Å². The summed E-state index contributed by atoms with van der Waals surface area (Å²) in [4.78, 5) is 28.3. The number of nitrogens with zero attached hydrogens (tertiary/aromatic N) is 2. The van der Waals surface area contributed by atoms with Crippen LogP contribution in [0.3, 0.4) is 0 Å². The van der Waals surface area contributed by atoms with Crippen molar-refractivity contribution in [3.63, 3.8) is 0 Å². The lowest BCUT2D eigenvalue weighted by atomic mass is 10.1. The second-order valence-corrected chi connectivity index (χ2v) is 6.23. The number of hydrogen-bond donors (Lipinski definition) is 0. The SMILES string of the molecule is C[C@H]1CN(C(=O)C2CC2)[C@@H](C)CN1C(=O)C1CC1. The summed E-state index contributed by atoms with van der Waals surface area (Å²) in [6.07, 6.45) is 4.23. The number of carbonyl (C=O) groups is 2. The molecule has 0 unspecified atom stereocenters. The first-order valence-electron chi connectivity index (χ1n) is 7.19. The quantitative estimate of drug-likeness (QED) is 0.740. The number of rotatable bonds is 2. The topological polar surface area (TPSA) is 40.6 Å². The maximum atomic E-state index is 12.2. The van der Waals surface area contributed by atoms with Crippen molar-refractivity contribution in [2.45, 2.75) is 51.6 Å². The van der Waals surface area contributed by atoms with E-state index in [2.05, 4.69) is 13.8 Å². The fourth-order valence-corrected chi connectivity index (χ4v) is 2.87. The van der Waals surface area contributed by atoms with Crippen molar-refractivity contribution in [2.24, 2.45) is 11.8 Å². The predicted molar refractivity (Wildman–Crippen MR) is 67.8 cm³/mol. The number of amides is 2. The third kappa shape index (κ3) is 2.13. The second kappa shape index (κ2) is 4.25. The van der Waals surface area contributed by atoms with Crippen LogP contribution in [-0.2, 0) is 9.59 Å². The molecule has 2 amide bonds. The Morgan fingerprint density at radius 2 is 1.11 bits per heavy atom. The first-order valence-corrected chi connectivity index (χ1v) is 7.19. The molecule has 0 aromatic heterocycles. The Labute approximate surface area is 108 Å². The second-order valence-electron chi connectivity index (χ2n) is 6.23. The van der Waals surface area contributed by atoms with Gasteiger partial charge >= 0.3 is 0 Å². The molecule has 3 aliphatic rings. The average Bonchev–Trinajstić information content (AvgIpc) is 3.18. The van der Waals surface area contributed by atoms with Crippen LogP contribution in [0.4, 0.5) is 0 Å². The Balaban J connectivity index is 1.66. The van der Waals surface area contributed by atoms with Crippen LogP contribution < -0.4 is 0 Å². The summed E-state index contributed by atoms with van der Waals surface area (Å²) in [5.74, 6) is 1.19. The van der Waals surface area contributed by atoms with Crippen LogP contribution in [-0.4, -0.2) is 46.8 Å². The van der Waals surface area contributed by atoms with Crippen molar-refractivity contribution < 1.29 is 9.59 Å². The van der Waals surface area contributed by atoms with Crippen LogP contribution >= 0.6 is 0 Å². The third-order valence-electron chi connectivity index (χ3n) is 4.41. The highest BCUT2D eigenvalue weighted by molar-refractivity contribution is 5.83.